The number of fused-ring (bicyclic) bond motifs is 2. The molecule has 1 heterocycles. The van der Waals surface area contributed by atoms with Crippen LogP contribution < -0.4 is 14.8 Å². The predicted octanol–water partition coefficient (Wildman–Crippen LogP) is 5.42. The lowest BCUT2D eigenvalue weighted by Gasteiger charge is -2.41. The Balaban J connectivity index is 1.45. The highest BCUT2D eigenvalue weighted by Crippen LogP contribution is 2.42. The van der Waals surface area contributed by atoms with E-state index in [4.69, 9.17) is 9.47 Å². The fourth-order valence-corrected chi connectivity index (χ4v) is 4.07. The Hall–Kier alpha value is -3.01. The second kappa shape index (κ2) is 8.16. The van der Waals surface area contributed by atoms with Crippen LogP contribution in [-0.4, -0.2) is 18.1 Å². The molecule has 0 saturated heterocycles. The lowest BCUT2D eigenvalue weighted by atomic mass is 9.83. The van der Waals surface area contributed by atoms with Crippen LogP contribution in [0.3, 0.4) is 0 Å². The van der Waals surface area contributed by atoms with Gasteiger partial charge in [-0.3, -0.25) is 4.79 Å². The first kappa shape index (κ1) is 19.3. The van der Waals surface area contributed by atoms with Crippen molar-refractivity contribution in [2.24, 2.45) is 0 Å². The van der Waals surface area contributed by atoms with E-state index in [1.165, 1.54) is 0 Å². The van der Waals surface area contributed by atoms with Gasteiger partial charge in [-0.1, -0.05) is 62.4 Å². The maximum absolute atomic E-state index is 12.7. The number of nitrogens with one attached hydrogen (secondary N) is 1. The number of rotatable bonds is 6. The zero-order valence-corrected chi connectivity index (χ0v) is 17.0. The van der Waals surface area contributed by atoms with Crippen molar-refractivity contribution in [1.29, 1.82) is 0 Å². The van der Waals surface area contributed by atoms with Gasteiger partial charge >= 0.3 is 0 Å². The molecule has 3 aromatic carbocycles. The maximum atomic E-state index is 12.7. The first-order valence-corrected chi connectivity index (χ1v) is 10.3. The second-order valence-corrected chi connectivity index (χ2v) is 7.65. The quantitative estimate of drug-likeness (QED) is 0.612. The molecule has 4 heteroatoms. The highest BCUT2D eigenvalue weighted by Gasteiger charge is 2.38. The fourth-order valence-electron chi connectivity index (χ4n) is 4.07. The van der Waals surface area contributed by atoms with Gasteiger partial charge in [-0.25, -0.2) is 0 Å². The summed E-state index contributed by atoms with van der Waals surface area (Å²) in [6.07, 6.45) is 2.56. The van der Waals surface area contributed by atoms with Gasteiger partial charge in [0.2, 0.25) is 0 Å². The zero-order valence-electron chi connectivity index (χ0n) is 17.0. The third-order valence-electron chi connectivity index (χ3n) is 5.91. The number of benzene rings is 3. The van der Waals surface area contributed by atoms with Gasteiger partial charge in [0.1, 0.15) is 17.1 Å². The van der Waals surface area contributed by atoms with Gasteiger partial charge in [0.15, 0.2) is 6.61 Å². The average molecular weight is 389 g/mol. The molecule has 0 aliphatic carbocycles. The maximum Gasteiger partial charge on any atom is 0.258 e. The molecule has 4 nitrogen and oxygen atoms in total. The summed E-state index contributed by atoms with van der Waals surface area (Å²) in [5.74, 6) is 1.44. The Morgan fingerprint density at radius 1 is 1.03 bits per heavy atom. The van der Waals surface area contributed by atoms with E-state index in [1.54, 1.807) is 0 Å². The van der Waals surface area contributed by atoms with E-state index in [1.807, 2.05) is 60.7 Å². The summed E-state index contributed by atoms with van der Waals surface area (Å²) in [6.45, 7) is 4.27. The van der Waals surface area contributed by atoms with Crippen molar-refractivity contribution < 1.29 is 14.3 Å². The standard InChI is InChI=1S/C25H27NO3/c1-3-25(4-2)16-22(21-11-7-8-12-23(21)29-25)26-24(27)17-28-20-14-13-18-9-5-6-10-19(18)15-20/h5-15,22H,3-4,16-17H2,1-2H3,(H,26,27)/t22-/m0/s1. The fraction of sp³-hybridized carbons (Fsp3) is 0.320. The van der Waals surface area contributed by atoms with Crippen LogP contribution in [0.2, 0.25) is 0 Å². The molecule has 4 rings (SSSR count). The molecular formula is C25H27NO3. The van der Waals surface area contributed by atoms with Crippen molar-refractivity contribution >= 4 is 16.7 Å². The highest BCUT2D eigenvalue weighted by atomic mass is 16.5. The van der Waals surface area contributed by atoms with Crippen LogP contribution in [0.4, 0.5) is 0 Å². The van der Waals surface area contributed by atoms with Crippen LogP contribution in [0, 0.1) is 0 Å². The molecule has 0 aromatic heterocycles. The van der Waals surface area contributed by atoms with Gasteiger partial charge in [-0.2, -0.15) is 0 Å². The summed E-state index contributed by atoms with van der Waals surface area (Å²) in [4.78, 5) is 12.7. The van der Waals surface area contributed by atoms with Gasteiger partial charge in [-0.15, -0.1) is 0 Å². The molecule has 150 valence electrons. The SMILES string of the molecule is CCC1(CC)C[C@H](NC(=O)COc2ccc3ccccc3c2)c2ccccc2O1. The highest BCUT2D eigenvalue weighted by molar-refractivity contribution is 5.84. The number of hydrogen-bond donors (Lipinski definition) is 1. The van der Waals surface area contributed by atoms with Crippen molar-refractivity contribution in [3.05, 3.63) is 72.3 Å². The lowest BCUT2D eigenvalue weighted by Crippen LogP contribution is -2.45. The van der Waals surface area contributed by atoms with E-state index in [2.05, 4.69) is 25.2 Å². The van der Waals surface area contributed by atoms with E-state index in [0.717, 1.165) is 41.3 Å². The summed E-state index contributed by atoms with van der Waals surface area (Å²) < 4.78 is 12.1. The van der Waals surface area contributed by atoms with Crippen molar-refractivity contribution in [3.63, 3.8) is 0 Å². The van der Waals surface area contributed by atoms with Gasteiger partial charge < -0.3 is 14.8 Å². The molecule has 1 atom stereocenters. The van der Waals surface area contributed by atoms with E-state index >= 15 is 0 Å². The minimum atomic E-state index is -0.245. The molecular weight excluding hydrogens is 362 g/mol. The first-order valence-electron chi connectivity index (χ1n) is 10.3. The van der Waals surface area contributed by atoms with Gasteiger partial charge in [0.05, 0.1) is 6.04 Å². The molecule has 0 bridgehead atoms. The third-order valence-corrected chi connectivity index (χ3v) is 5.91. The monoisotopic (exact) mass is 389 g/mol. The summed E-state index contributed by atoms with van der Waals surface area (Å²) in [6, 6.07) is 21.9. The van der Waals surface area contributed by atoms with E-state index < -0.39 is 0 Å². The van der Waals surface area contributed by atoms with Crippen LogP contribution in [0.5, 0.6) is 11.5 Å². The van der Waals surface area contributed by atoms with E-state index in [-0.39, 0.29) is 24.2 Å². The van der Waals surface area contributed by atoms with Crippen molar-refractivity contribution in [2.45, 2.75) is 44.8 Å². The van der Waals surface area contributed by atoms with Gasteiger partial charge in [-0.05, 0) is 41.8 Å². The number of para-hydroxylation sites is 1. The summed E-state index contributed by atoms with van der Waals surface area (Å²) in [7, 11) is 0. The number of amides is 1. The molecule has 0 radical (unpaired) electrons. The summed E-state index contributed by atoms with van der Waals surface area (Å²) in [5.41, 5.74) is 0.787. The molecule has 0 fully saturated rings. The number of ether oxygens (including phenoxy) is 2. The number of hydrogen-bond acceptors (Lipinski definition) is 3. The smallest absolute Gasteiger partial charge is 0.258 e. The summed E-state index contributed by atoms with van der Waals surface area (Å²) >= 11 is 0. The first-order chi connectivity index (χ1) is 14.1. The van der Waals surface area contributed by atoms with Crippen molar-refractivity contribution in [2.75, 3.05) is 6.61 Å². The molecule has 1 aliphatic heterocycles. The molecule has 29 heavy (non-hydrogen) atoms. The van der Waals surface area contributed by atoms with Crippen LogP contribution >= 0.6 is 0 Å². The minimum absolute atomic E-state index is 0.0108. The lowest BCUT2D eigenvalue weighted by molar-refractivity contribution is -0.124. The molecule has 1 aliphatic rings. The molecule has 3 aromatic rings. The third kappa shape index (κ3) is 4.07. The van der Waals surface area contributed by atoms with Crippen LogP contribution in [0.25, 0.3) is 10.8 Å². The predicted molar refractivity (Wildman–Crippen MR) is 115 cm³/mol. The largest absolute Gasteiger partial charge is 0.487 e. The van der Waals surface area contributed by atoms with Crippen LogP contribution in [0.1, 0.15) is 44.7 Å². The molecule has 1 N–H and O–H groups in total. The second-order valence-electron chi connectivity index (χ2n) is 7.65. The van der Waals surface area contributed by atoms with E-state index in [9.17, 15) is 4.79 Å². The number of carbonyl (C=O) groups is 1. The Morgan fingerprint density at radius 2 is 1.76 bits per heavy atom. The Labute approximate surface area is 171 Å². The molecule has 0 saturated carbocycles. The molecule has 1 amide bonds. The van der Waals surface area contributed by atoms with Crippen LogP contribution in [0.15, 0.2) is 66.7 Å². The average Bonchev–Trinajstić information content (AvgIpc) is 2.77. The van der Waals surface area contributed by atoms with Crippen LogP contribution in [-0.2, 0) is 4.79 Å². The topological polar surface area (TPSA) is 47.6 Å². The molecule has 0 spiro atoms. The minimum Gasteiger partial charge on any atom is -0.487 e. The normalized spacial score (nSPS) is 17.2. The van der Waals surface area contributed by atoms with Crippen molar-refractivity contribution in [1.82, 2.24) is 5.32 Å². The van der Waals surface area contributed by atoms with Gasteiger partial charge in [0, 0.05) is 12.0 Å². The Morgan fingerprint density at radius 3 is 2.55 bits per heavy atom. The molecule has 0 unspecified atom stereocenters. The number of carbonyl (C=O) groups excluding carboxylic acids is 1. The Kier molecular flexibility index (Phi) is 5.43. The van der Waals surface area contributed by atoms with Gasteiger partial charge in [0.25, 0.3) is 5.91 Å². The van der Waals surface area contributed by atoms with E-state index in [0.29, 0.717) is 5.75 Å². The van der Waals surface area contributed by atoms with Crippen molar-refractivity contribution in [3.8, 4) is 11.5 Å². The summed E-state index contributed by atoms with van der Waals surface area (Å²) in [5, 5.41) is 5.41. The zero-order chi connectivity index (χ0) is 20.3. The Bertz CT molecular complexity index is 1010.